The zero-order chi connectivity index (χ0) is 12.5. The molecule has 1 aliphatic rings. The monoisotopic (exact) mass is 233 g/mol. The number of unbranched alkanes of at least 4 members (excludes halogenated alkanes) is 1. The summed E-state index contributed by atoms with van der Waals surface area (Å²) in [4.78, 5) is 0. The van der Waals surface area contributed by atoms with Crippen LogP contribution in [-0.2, 0) is 5.41 Å². The molecule has 17 heavy (non-hydrogen) atoms. The summed E-state index contributed by atoms with van der Waals surface area (Å²) >= 11 is 0. The molecule has 94 valence electrons. The molecule has 2 rings (SSSR count). The number of nitrogens with two attached hydrogens (primary N) is 1. The fraction of sp³-hybridized carbons (Fsp3) is 0.600. The van der Waals surface area contributed by atoms with Crippen LogP contribution in [0.25, 0.3) is 0 Å². The third-order valence-corrected chi connectivity index (χ3v) is 3.62. The molecule has 2 N–H and O–H groups in total. The highest BCUT2D eigenvalue weighted by molar-refractivity contribution is 5.45. The van der Waals surface area contributed by atoms with E-state index in [1.165, 1.54) is 24.0 Å². The van der Waals surface area contributed by atoms with Crippen molar-refractivity contribution in [3.8, 4) is 5.75 Å². The fourth-order valence-electron chi connectivity index (χ4n) is 2.36. The van der Waals surface area contributed by atoms with Crippen LogP contribution in [0.4, 0.5) is 0 Å². The highest BCUT2D eigenvalue weighted by Gasteiger charge is 2.32. The maximum atomic E-state index is 6.22. The lowest BCUT2D eigenvalue weighted by molar-refractivity contribution is 0.291. The van der Waals surface area contributed by atoms with E-state index < -0.39 is 0 Å². The topological polar surface area (TPSA) is 35.2 Å². The summed E-state index contributed by atoms with van der Waals surface area (Å²) in [6.07, 6.45) is 3.46. The smallest absolute Gasteiger partial charge is 0.123 e. The Labute approximate surface area is 104 Å². The molecule has 0 radical (unpaired) electrons. The molecule has 1 heterocycles. The molecule has 0 bridgehead atoms. The summed E-state index contributed by atoms with van der Waals surface area (Å²) in [5.74, 6) is 1.03. The molecule has 0 spiro atoms. The second kappa shape index (κ2) is 4.69. The van der Waals surface area contributed by atoms with Gasteiger partial charge >= 0.3 is 0 Å². The van der Waals surface area contributed by atoms with Crippen molar-refractivity contribution >= 4 is 0 Å². The first kappa shape index (κ1) is 12.4. The average Bonchev–Trinajstić information content (AvgIpc) is 2.62. The largest absolute Gasteiger partial charge is 0.492 e. The quantitative estimate of drug-likeness (QED) is 0.863. The average molecular weight is 233 g/mol. The Morgan fingerprint density at radius 1 is 1.41 bits per heavy atom. The fourth-order valence-corrected chi connectivity index (χ4v) is 2.36. The summed E-state index contributed by atoms with van der Waals surface area (Å²) in [6.45, 7) is 7.42. The van der Waals surface area contributed by atoms with E-state index in [9.17, 15) is 0 Å². The van der Waals surface area contributed by atoms with Crippen LogP contribution < -0.4 is 10.5 Å². The number of hydrogen-bond acceptors (Lipinski definition) is 2. The van der Waals surface area contributed by atoms with Gasteiger partial charge in [0.05, 0.1) is 6.61 Å². The molecule has 0 saturated heterocycles. The van der Waals surface area contributed by atoms with Gasteiger partial charge in [-0.15, -0.1) is 0 Å². The molecule has 1 atom stereocenters. The Kier molecular flexibility index (Phi) is 3.43. The highest BCUT2D eigenvalue weighted by atomic mass is 16.5. The Balaban J connectivity index is 2.21. The summed E-state index contributed by atoms with van der Waals surface area (Å²) in [5.41, 5.74) is 8.90. The molecule has 0 amide bonds. The molecule has 1 unspecified atom stereocenters. The van der Waals surface area contributed by atoms with Gasteiger partial charge in [0.25, 0.3) is 0 Å². The first-order valence-electron chi connectivity index (χ1n) is 6.57. The zero-order valence-electron chi connectivity index (χ0n) is 11.1. The predicted octanol–water partition coefficient (Wildman–Crippen LogP) is 3.55. The van der Waals surface area contributed by atoms with E-state index in [1.807, 2.05) is 0 Å². The van der Waals surface area contributed by atoms with Gasteiger partial charge in [-0.1, -0.05) is 39.7 Å². The minimum atomic E-state index is 0.121. The molecular formula is C15H23NO. The first-order valence-corrected chi connectivity index (χ1v) is 6.57. The van der Waals surface area contributed by atoms with E-state index >= 15 is 0 Å². The van der Waals surface area contributed by atoms with Gasteiger partial charge in [0.2, 0.25) is 0 Å². The lowest BCUT2D eigenvalue weighted by atomic mass is 9.85. The Hall–Kier alpha value is -1.02. The molecule has 2 nitrogen and oxygen atoms in total. The minimum Gasteiger partial charge on any atom is -0.492 e. The van der Waals surface area contributed by atoms with Crippen LogP contribution in [0.15, 0.2) is 18.2 Å². The van der Waals surface area contributed by atoms with E-state index in [4.69, 9.17) is 10.5 Å². The summed E-state index contributed by atoms with van der Waals surface area (Å²) < 4.78 is 5.69. The normalized spacial score (nSPS) is 18.6. The Bertz CT molecular complexity index is 398. The van der Waals surface area contributed by atoms with Crippen molar-refractivity contribution in [2.45, 2.75) is 51.5 Å². The first-order chi connectivity index (χ1) is 8.04. The molecule has 1 aromatic carbocycles. The summed E-state index contributed by atoms with van der Waals surface area (Å²) in [5, 5.41) is 0. The minimum absolute atomic E-state index is 0.121. The Morgan fingerprint density at radius 3 is 2.88 bits per heavy atom. The molecule has 0 aliphatic carbocycles. The van der Waals surface area contributed by atoms with Crippen molar-refractivity contribution in [3.63, 3.8) is 0 Å². The third kappa shape index (κ3) is 2.47. The van der Waals surface area contributed by atoms with Crippen LogP contribution >= 0.6 is 0 Å². The van der Waals surface area contributed by atoms with Gasteiger partial charge in [-0.3, -0.25) is 0 Å². The van der Waals surface area contributed by atoms with E-state index in [1.54, 1.807) is 0 Å². The van der Waals surface area contributed by atoms with Crippen molar-refractivity contribution < 1.29 is 4.74 Å². The van der Waals surface area contributed by atoms with E-state index in [0.29, 0.717) is 0 Å². The van der Waals surface area contributed by atoms with Gasteiger partial charge < -0.3 is 10.5 Å². The van der Waals surface area contributed by atoms with Gasteiger partial charge in [0, 0.05) is 17.0 Å². The maximum Gasteiger partial charge on any atom is 0.123 e. The lowest BCUT2D eigenvalue weighted by Gasteiger charge is -2.18. The third-order valence-electron chi connectivity index (χ3n) is 3.62. The number of ether oxygens (including phenoxy) is 1. The van der Waals surface area contributed by atoms with Crippen molar-refractivity contribution in [1.29, 1.82) is 0 Å². The van der Waals surface area contributed by atoms with E-state index in [-0.39, 0.29) is 11.5 Å². The Morgan fingerprint density at radius 2 is 2.18 bits per heavy atom. The van der Waals surface area contributed by atoms with Crippen LogP contribution in [0.2, 0.25) is 0 Å². The predicted molar refractivity (Wildman–Crippen MR) is 71.4 cm³/mol. The molecule has 0 aromatic heterocycles. The van der Waals surface area contributed by atoms with Crippen LogP contribution in [0.5, 0.6) is 5.75 Å². The number of hydrogen-bond donors (Lipinski definition) is 1. The number of fused-ring (bicyclic) bond motifs is 1. The van der Waals surface area contributed by atoms with Crippen molar-refractivity contribution in [2.24, 2.45) is 5.73 Å². The van der Waals surface area contributed by atoms with Crippen LogP contribution in [-0.4, -0.2) is 6.61 Å². The van der Waals surface area contributed by atoms with Gasteiger partial charge in [-0.05, 0) is 24.1 Å². The number of rotatable bonds is 4. The van der Waals surface area contributed by atoms with E-state index in [0.717, 1.165) is 18.8 Å². The SMILES string of the molecule is CCCCC(N)c1ccc2c(c1)C(C)(C)CO2. The molecular weight excluding hydrogens is 210 g/mol. The second-order valence-corrected chi connectivity index (χ2v) is 5.68. The highest BCUT2D eigenvalue weighted by Crippen LogP contribution is 2.39. The van der Waals surface area contributed by atoms with Crippen LogP contribution in [0, 0.1) is 0 Å². The molecule has 2 heteroatoms. The van der Waals surface area contributed by atoms with Crippen molar-refractivity contribution in [1.82, 2.24) is 0 Å². The molecule has 1 aromatic rings. The van der Waals surface area contributed by atoms with Crippen molar-refractivity contribution in [3.05, 3.63) is 29.3 Å². The number of benzene rings is 1. The van der Waals surface area contributed by atoms with Gasteiger partial charge in [-0.25, -0.2) is 0 Å². The van der Waals surface area contributed by atoms with Crippen molar-refractivity contribution in [2.75, 3.05) is 6.61 Å². The zero-order valence-corrected chi connectivity index (χ0v) is 11.1. The summed E-state index contributed by atoms with van der Waals surface area (Å²) in [7, 11) is 0. The van der Waals surface area contributed by atoms with Crippen LogP contribution in [0.3, 0.4) is 0 Å². The second-order valence-electron chi connectivity index (χ2n) is 5.68. The maximum absolute atomic E-state index is 6.22. The van der Waals surface area contributed by atoms with Gasteiger partial charge in [0.15, 0.2) is 0 Å². The molecule has 0 saturated carbocycles. The molecule has 0 fully saturated rings. The van der Waals surface area contributed by atoms with Crippen LogP contribution in [0.1, 0.15) is 57.2 Å². The summed E-state index contributed by atoms with van der Waals surface area (Å²) in [6, 6.07) is 6.59. The lowest BCUT2D eigenvalue weighted by Crippen LogP contribution is -2.19. The van der Waals surface area contributed by atoms with Gasteiger partial charge in [-0.2, -0.15) is 0 Å². The molecule has 1 aliphatic heterocycles. The van der Waals surface area contributed by atoms with Gasteiger partial charge in [0.1, 0.15) is 5.75 Å². The standard InChI is InChI=1S/C15H23NO/c1-4-5-6-13(16)11-7-8-14-12(9-11)15(2,3)10-17-14/h7-9,13H,4-6,10,16H2,1-3H3. The van der Waals surface area contributed by atoms with E-state index in [2.05, 4.69) is 39.0 Å².